The molecule has 1 saturated heterocycles. The van der Waals surface area contributed by atoms with Gasteiger partial charge in [0.1, 0.15) is 6.04 Å². The zero-order chi connectivity index (χ0) is 19.2. The third kappa shape index (κ3) is 4.95. The average Bonchev–Trinajstić information content (AvgIpc) is 2.70. The normalized spacial score (nSPS) is 15.3. The predicted molar refractivity (Wildman–Crippen MR) is 105 cm³/mol. The van der Waals surface area contributed by atoms with Crippen LogP contribution < -0.4 is 5.32 Å². The zero-order valence-electron chi connectivity index (χ0n) is 15.9. The van der Waals surface area contributed by atoms with E-state index in [2.05, 4.69) is 5.32 Å². The van der Waals surface area contributed by atoms with Crippen LogP contribution in [0.25, 0.3) is 0 Å². The number of amides is 2. The average molecular weight is 366 g/mol. The molecule has 0 spiro atoms. The number of rotatable bonds is 5. The van der Waals surface area contributed by atoms with E-state index in [0.717, 1.165) is 16.7 Å². The standard InChI is InChI=1S/C22H26N2O3/c1-16-8-9-19(14-17(16)2)21(25)23-20(15-18-6-4-3-5-7-18)22(26)24-10-12-27-13-11-24/h3-9,14,20H,10-13,15H2,1-2H3,(H,23,25)/t20-/m0/s1. The van der Waals surface area contributed by atoms with Gasteiger partial charge in [0.05, 0.1) is 13.2 Å². The predicted octanol–water partition coefficient (Wildman–Crippen LogP) is 2.50. The minimum atomic E-state index is -0.598. The second-order valence-electron chi connectivity index (χ2n) is 6.95. The minimum Gasteiger partial charge on any atom is -0.378 e. The van der Waals surface area contributed by atoms with Crippen LogP contribution in [0.1, 0.15) is 27.0 Å². The van der Waals surface area contributed by atoms with Gasteiger partial charge in [0.25, 0.3) is 5.91 Å². The van der Waals surface area contributed by atoms with Crippen LogP contribution in [0.2, 0.25) is 0 Å². The fourth-order valence-corrected chi connectivity index (χ4v) is 3.18. The highest BCUT2D eigenvalue weighted by Crippen LogP contribution is 2.12. The summed E-state index contributed by atoms with van der Waals surface area (Å²) in [7, 11) is 0. The first-order valence-corrected chi connectivity index (χ1v) is 9.33. The first-order chi connectivity index (χ1) is 13.0. The Balaban J connectivity index is 1.78. The Morgan fingerprint density at radius 3 is 2.41 bits per heavy atom. The van der Waals surface area contributed by atoms with Gasteiger partial charge in [-0.2, -0.15) is 0 Å². The molecule has 1 heterocycles. The summed E-state index contributed by atoms with van der Waals surface area (Å²) in [5.41, 5.74) is 3.79. The summed E-state index contributed by atoms with van der Waals surface area (Å²) < 4.78 is 5.34. The molecule has 5 nitrogen and oxygen atoms in total. The molecule has 5 heteroatoms. The Morgan fingerprint density at radius 1 is 1.04 bits per heavy atom. The van der Waals surface area contributed by atoms with Crippen molar-refractivity contribution in [2.45, 2.75) is 26.3 Å². The number of hydrogen-bond acceptors (Lipinski definition) is 3. The first-order valence-electron chi connectivity index (χ1n) is 9.33. The highest BCUT2D eigenvalue weighted by Gasteiger charge is 2.27. The van der Waals surface area contributed by atoms with Crippen LogP contribution >= 0.6 is 0 Å². The Labute approximate surface area is 160 Å². The van der Waals surface area contributed by atoms with Crippen molar-refractivity contribution in [3.05, 3.63) is 70.8 Å². The van der Waals surface area contributed by atoms with Crippen LogP contribution in [-0.4, -0.2) is 49.1 Å². The Kier molecular flexibility index (Phi) is 6.24. The first kappa shape index (κ1) is 19.1. The van der Waals surface area contributed by atoms with E-state index in [4.69, 9.17) is 4.74 Å². The molecule has 1 fully saturated rings. The molecular weight excluding hydrogens is 340 g/mol. The molecule has 0 unspecified atom stereocenters. The van der Waals surface area contributed by atoms with Gasteiger partial charge >= 0.3 is 0 Å². The highest BCUT2D eigenvalue weighted by molar-refractivity contribution is 5.97. The summed E-state index contributed by atoms with van der Waals surface area (Å²) in [6.45, 7) is 6.18. The smallest absolute Gasteiger partial charge is 0.251 e. The molecule has 1 aliphatic rings. The summed E-state index contributed by atoms with van der Waals surface area (Å²) in [5, 5.41) is 2.95. The largest absolute Gasteiger partial charge is 0.378 e. The van der Waals surface area contributed by atoms with Crippen LogP contribution in [0.5, 0.6) is 0 Å². The number of morpholine rings is 1. The number of carbonyl (C=O) groups excluding carboxylic acids is 2. The fraction of sp³-hybridized carbons (Fsp3) is 0.364. The van der Waals surface area contributed by atoms with Crippen LogP contribution in [-0.2, 0) is 16.0 Å². The van der Waals surface area contributed by atoms with Gasteiger partial charge in [-0.15, -0.1) is 0 Å². The van der Waals surface area contributed by atoms with Crippen LogP contribution in [0.15, 0.2) is 48.5 Å². The number of aryl methyl sites for hydroxylation is 2. The maximum Gasteiger partial charge on any atom is 0.251 e. The third-order valence-corrected chi connectivity index (χ3v) is 4.98. The summed E-state index contributed by atoms with van der Waals surface area (Å²) in [6, 6.07) is 14.8. The lowest BCUT2D eigenvalue weighted by Gasteiger charge is -2.31. The van der Waals surface area contributed by atoms with E-state index in [1.807, 2.05) is 56.3 Å². The lowest BCUT2D eigenvalue weighted by atomic mass is 10.0. The summed E-state index contributed by atoms with van der Waals surface area (Å²) >= 11 is 0. The highest BCUT2D eigenvalue weighted by atomic mass is 16.5. The number of ether oxygens (including phenoxy) is 1. The zero-order valence-corrected chi connectivity index (χ0v) is 15.9. The monoisotopic (exact) mass is 366 g/mol. The fourth-order valence-electron chi connectivity index (χ4n) is 3.18. The molecule has 0 aromatic heterocycles. The van der Waals surface area contributed by atoms with Gasteiger partial charge in [-0.05, 0) is 42.7 Å². The molecule has 1 N–H and O–H groups in total. The lowest BCUT2D eigenvalue weighted by Crippen LogP contribution is -2.52. The van der Waals surface area contributed by atoms with Crippen LogP contribution in [0.4, 0.5) is 0 Å². The van der Waals surface area contributed by atoms with E-state index in [1.54, 1.807) is 11.0 Å². The molecule has 2 amide bonds. The maximum absolute atomic E-state index is 13.0. The number of benzene rings is 2. The van der Waals surface area contributed by atoms with Gasteiger partial charge in [-0.3, -0.25) is 9.59 Å². The van der Waals surface area contributed by atoms with Gasteiger partial charge < -0.3 is 15.0 Å². The second-order valence-corrected chi connectivity index (χ2v) is 6.95. The molecule has 1 atom stereocenters. The molecule has 0 aliphatic carbocycles. The van der Waals surface area contributed by atoms with Gasteiger partial charge in [0, 0.05) is 25.1 Å². The van der Waals surface area contributed by atoms with Crippen molar-refractivity contribution in [1.29, 1.82) is 0 Å². The molecule has 1 aliphatic heterocycles. The summed E-state index contributed by atoms with van der Waals surface area (Å²) in [4.78, 5) is 27.6. The summed E-state index contributed by atoms with van der Waals surface area (Å²) in [5.74, 6) is -0.278. The van der Waals surface area contributed by atoms with Crippen molar-refractivity contribution in [2.75, 3.05) is 26.3 Å². The van der Waals surface area contributed by atoms with Crippen molar-refractivity contribution in [1.82, 2.24) is 10.2 Å². The van der Waals surface area contributed by atoms with Crippen molar-refractivity contribution >= 4 is 11.8 Å². The van der Waals surface area contributed by atoms with Gasteiger partial charge in [-0.25, -0.2) is 0 Å². The lowest BCUT2D eigenvalue weighted by molar-refractivity contribution is -0.137. The minimum absolute atomic E-state index is 0.0562. The topological polar surface area (TPSA) is 58.6 Å². The molecule has 2 aromatic carbocycles. The molecule has 27 heavy (non-hydrogen) atoms. The number of nitrogens with one attached hydrogen (secondary N) is 1. The van der Waals surface area contributed by atoms with Crippen molar-refractivity contribution in [3.8, 4) is 0 Å². The van der Waals surface area contributed by atoms with E-state index in [-0.39, 0.29) is 11.8 Å². The SMILES string of the molecule is Cc1ccc(C(=O)N[C@@H](Cc2ccccc2)C(=O)N2CCOCC2)cc1C. The number of nitrogens with zero attached hydrogens (tertiary/aromatic N) is 1. The van der Waals surface area contributed by atoms with Gasteiger partial charge in [0.15, 0.2) is 0 Å². The number of carbonyl (C=O) groups is 2. The third-order valence-electron chi connectivity index (χ3n) is 4.98. The molecule has 142 valence electrons. The molecular formula is C22H26N2O3. The van der Waals surface area contributed by atoms with Crippen molar-refractivity contribution < 1.29 is 14.3 Å². The van der Waals surface area contributed by atoms with Gasteiger partial charge in [0.2, 0.25) is 5.91 Å². The van der Waals surface area contributed by atoms with E-state index in [9.17, 15) is 9.59 Å². The van der Waals surface area contributed by atoms with Crippen molar-refractivity contribution in [3.63, 3.8) is 0 Å². The van der Waals surface area contributed by atoms with Crippen molar-refractivity contribution in [2.24, 2.45) is 0 Å². The molecule has 2 aromatic rings. The van der Waals surface area contributed by atoms with Crippen LogP contribution in [0, 0.1) is 13.8 Å². The molecule has 3 rings (SSSR count). The Bertz CT molecular complexity index is 798. The van der Waals surface area contributed by atoms with E-state index in [0.29, 0.717) is 38.3 Å². The summed E-state index contributed by atoms with van der Waals surface area (Å²) in [6.07, 6.45) is 0.466. The van der Waals surface area contributed by atoms with Gasteiger partial charge in [-0.1, -0.05) is 36.4 Å². The van der Waals surface area contributed by atoms with E-state index < -0.39 is 6.04 Å². The van der Waals surface area contributed by atoms with E-state index >= 15 is 0 Å². The molecule has 0 saturated carbocycles. The van der Waals surface area contributed by atoms with E-state index in [1.165, 1.54) is 0 Å². The Morgan fingerprint density at radius 2 is 1.74 bits per heavy atom. The number of hydrogen-bond donors (Lipinski definition) is 1. The van der Waals surface area contributed by atoms with Crippen LogP contribution in [0.3, 0.4) is 0 Å². The quantitative estimate of drug-likeness (QED) is 0.885. The Hall–Kier alpha value is -2.66. The second kappa shape index (κ2) is 8.82. The molecule has 0 bridgehead atoms. The molecule has 0 radical (unpaired) electrons. The maximum atomic E-state index is 13.0.